The van der Waals surface area contributed by atoms with Crippen LogP contribution >= 0.6 is 0 Å². The van der Waals surface area contributed by atoms with Crippen molar-refractivity contribution in [1.82, 2.24) is 4.90 Å². The zero-order valence-corrected chi connectivity index (χ0v) is 14.3. The lowest BCUT2D eigenvalue weighted by molar-refractivity contribution is -0.124. The van der Waals surface area contributed by atoms with Crippen LogP contribution in [0.4, 0.5) is 0 Å². The van der Waals surface area contributed by atoms with E-state index in [1.807, 2.05) is 30.3 Å². The highest BCUT2D eigenvalue weighted by Crippen LogP contribution is 2.25. The molecular weight excluding hydrogens is 286 g/mol. The third kappa shape index (κ3) is 5.91. The molecule has 126 valence electrons. The van der Waals surface area contributed by atoms with Gasteiger partial charge in [0.05, 0.1) is 0 Å². The predicted molar refractivity (Wildman–Crippen MR) is 93.7 cm³/mol. The number of nitrogens with zero attached hydrogens (tertiary/aromatic N) is 1. The fourth-order valence-corrected chi connectivity index (χ4v) is 3.35. The predicted octanol–water partition coefficient (Wildman–Crippen LogP) is 4.12. The highest BCUT2D eigenvalue weighted by Gasteiger charge is 2.21. The van der Waals surface area contributed by atoms with Crippen LogP contribution < -0.4 is 0 Å². The maximum atomic E-state index is 12.3. The summed E-state index contributed by atoms with van der Waals surface area (Å²) in [6, 6.07) is 9.45. The third-order valence-electron chi connectivity index (χ3n) is 4.93. The lowest BCUT2D eigenvalue weighted by atomic mass is 9.85. The van der Waals surface area contributed by atoms with Crippen molar-refractivity contribution in [2.75, 3.05) is 19.6 Å². The molecule has 0 radical (unpaired) electrons. The Bertz CT molecular complexity index is 492. The summed E-state index contributed by atoms with van der Waals surface area (Å²) in [6.07, 6.45) is 7.02. The average Bonchev–Trinajstić information content (AvgIpc) is 2.62. The van der Waals surface area contributed by atoms with E-state index in [0.29, 0.717) is 24.5 Å². The minimum absolute atomic E-state index is 0.183. The van der Waals surface area contributed by atoms with Gasteiger partial charge < -0.3 is 4.90 Å². The molecule has 1 fully saturated rings. The van der Waals surface area contributed by atoms with E-state index in [4.69, 9.17) is 0 Å². The quantitative estimate of drug-likeness (QED) is 0.643. The van der Waals surface area contributed by atoms with E-state index in [-0.39, 0.29) is 5.78 Å². The summed E-state index contributed by atoms with van der Waals surface area (Å²) < 4.78 is 0. The van der Waals surface area contributed by atoms with Crippen LogP contribution in [0.1, 0.15) is 62.2 Å². The molecule has 3 heteroatoms. The molecule has 0 saturated heterocycles. The molecule has 1 aliphatic carbocycles. The molecule has 0 aromatic heterocycles. The van der Waals surface area contributed by atoms with Crippen molar-refractivity contribution in [3.63, 3.8) is 0 Å². The molecule has 1 saturated carbocycles. The minimum Gasteiger partial charge on any atom is -0.303 e. The van der Waals surface area contributed by atoms with Crippen molar-refractivity contribution >= 4 is 11.6 Å². The van der Waals surface area contributed by atoms with Gasteiger partial charge in [0.1, 0.15) is 5.78 Å². The van der Waals surface area contributed by atoms with E-state index in [0.717, 1.165) is 38.0 Å². The van der Waals surface area contributed by atoms with Gasteiger partial charge in [-0.3, -0.25) is 9.59 Å². The van der Waals surface area contributed by atoms with Gasteiger partial charge in [0.25, 0.3) is 0 Å². The van der Waals surface area contributed by atoms with Gasteiger partial charge in [0.2, 0.25) is 0 Å². The van der Waals surface area contributed by atoms with E-state index in [2.05, 4.69) is 11.8 Å². The molecule has 0 amide bonds. The van der Waals surface area contributed by atoms with E-state index < -0.39 is 0 Å². The Morgan fingerprint density at radius 2 is 1.65 bits per heavy atom. The van der Waals surface area contributed by atoms with Crippen molar-refractivity contribution < 1.29 is 9.59 Å². The number of rotatable bonds is 9. The molecule has 0 N–H and O–H groups in total. The second kappa shape index (κ2) is 9.61. The van der Waals surface area contributed by atoms with Gasteiger partial charge in [0, 0.05) is 37.4 Å². The van der Waals surface area contributed by atoms with Crippen molar-refractivity contribution in [2.24, 2.45) is 5.92 Å². The molecule has 2 rings (SSSR count). The molecule has 0 spiro atoms. The summed E-state index contributed by atoms with van der Waals surface area (Å²) in [6.45, 7) is 4.51. The third-order valence-corrected chi connectivity index (χ3v) is 4.93. The fraction of sp³-hybridized carbons (Fsp3) is 0.600. The molecule has 1 aliphatic rings. The van der Waals surface area contributed by atoms with Crippen molar-refractivity contribution in [3.05, 3.63) is 35.9 Å². The number of hydrogen-bond acceptors (Lipinski definition) is 3. The van der Waals surface area contributed by atoms with E-state index in [9.17, 15) is 9.59 Å². The Morgan fingerprint density at radius 1 is 1.00 bits per heavy atom. The summed E-state index contributed by atoms with van der Waals surface area (Å²) in [5, 5.41) is 0. The van der Waals surface area contributed by atoms with Crippen LogP contribution in [0.3, 0.4) is 0 Å². The second-order valence-electron chi connectivity index (χ2n) is 6.52. The molecule has 1 aromatic rings. The monoisotopic (exact) mass is 315 g/mol. The maximum Gasteiger partial charge on any atom is 0.164 e. The first-order valence-corrected chi connectivity index (χ1v) is 9.04. The lowest BCUT2D eigenvalue weighted by Gasteiger charge is -2.23. The topological polar surface area (TPSA) is 37.4 Å². The molecule has 0 aliphatic heterocycles. The number of hydrogen-bond donors (Lipinski definition) is 0. The van der Waals surface area contributed by atoms with Crippen LogP contribution in [0.25, 0.3) is 0 Å². The molecule has 23 heavy (non-hydrogen) atoms. The van der Waals surface area contributed by atoms with Crippen LogP contribution in [0, 0.1) is 5.92 Å². The molecule has 0 atom stereocenters. The smallest absolute Gasteiger partial charge is 0.164 e. The zero-order chi connectivity index (χ0) is 16.5. The van der Waals surface area contributed by atoms with Crippen LogP contribution in [-0.2, 0) is 4.79 Å². The highest BCUT2D eigenvalue weighted by molar-refractivity contribution is 5.96. The summed E-state index contributed by atoms with van der Waals surface area (Å²) in [7, 11) is 0. The lowest BCUT2D eigenvalue weighted by Crippen LogP contribution is -2.30. The summed E-state index contributed by atoms with van der Waals surface area (Å²) in [5.41, 5.74) is 0.779. The largest absolute Gasteiger partial charge is 0.303 e. The highest BCUT2D eigenvalue weighted by atomic mass is 16.1. The second-order valence-corrected chi connectivity index (χ2v) is 6.52. The number of carbonyl (C=O) groups excluding carboxylic acids is 2. The van der Waals surface area contributed by atoms with Crippen LogP contribution in [0.5, 0.6) is 0 Å². The van der Waals surface area contributed by atoms with E-state index in [1.165, 1.54) is 19.3 Å². The van der Waals surface area contributed by atoms with Gasteiger partial charge in [-0.25, -0.2) is 0 Å². The van der Waals surface area contributed by atoms with Gasteiger partial charge >= 0.3 is 0 Å². The maximum absolute atomic E-state index is 12.3. The van der Waals surface area contributed by atoms with Crippen LogP contribution in [0.2, 0.25) is 0 Å². The van der Waals surface area contributed by atoms with Crippen molar-refractivity contribution in [2.45, 2.75) is 51.9 Å². The number of benzene rings is 1. The zero-order valence-electron chi connectivity index (χ0n) is 14.3. The molecule has 0 unspecified atom stereocenters. The Morgan fingerprint density at radius 3 is 2.30 bits per heavy atom. The van der Waals surface area contributed by atoms with Gasteiger partial charge in [-0.2, -0.15) is 0 Å². The SMILES string of the molecule is CCN(CCC(=O)c1ccccc1)CCC(=O)C1CCCCC1. The molecule has 1 aromatic carbocycles. The van der Waals surface area contributed by atoms with E-state index >= 15 is 0 Å². The van der Waals surface area contributed by atoms with Gasteiger partial charge in [-0.05, 0) is 19.4 Å². The Labute approximate surface area is 140 Å². The average molecular weight is 315 g/mol. The standard InChI is InChI=1S/C20H29NO2/c1-2-21(15-13-19(22)17-9-5-3-6-10-17)16-14-20(23)18-11-7-4-8-12-18/h3,5-6,9-10,18H,2,4,7-8,11-16H2,1H3. The van der Waals surface area contributed by atoms with Gasteiger partial charge in [-0.1, -0.05) is 56.5 Å². The minimum atomic E-state index is 0.183. The Balaban J connectivity index is 1.72. The van der Waals surface area contributed by atoms with Crippen LogP contribution in [0.15, 0.2) is 30.3 Å². The number of Topliss-reactive ketones (excluding diaryl/α,β-unsaturated/α-hetero) is 2. The summed E-state index contributed by atoms with van der Waals surface area (Å²) in [5.74, 6) is 0.911. The molecule has 0 heterocycles. The molecule has 3 nitrogen and oxygen atoms in total. The van der Waals surface area contributed by atoms with Crippen molar-refractivity contribution in [3.8, 4) is 0 Å². The molecule has 0 bridgehead atoms. The van der Waals surface area contributed by atoms with E-state index in [1.54, 1.807) is 0 Å². The van der Waals surface area contributed by atoms with Crippen molar-refractivity contribution in [1.29, 1.82) is 0 Å². The van der Waals surface area contributed by atoms with Gasteiger partial charge in [0.15, 0.2) is 5.78 Å². The Kier molecular flexibility index (Phi) is 7.47. The van der Waals surface area contributed by atoms with Gasteiger partial charge in [-0.15, -0.1) is 0 Å². The summed E-state index contributed by atoms with van der Waals surface area (Å²) in [4.78, 5) is 26.7. The number of carbonyl (C=O) groups is 2. The first-order chi connectivity index (χ1) is 11.2. The fourth-order valence-electron chi connectivity index (χ4n) is 3.35. The molecular formula is C20H29NO2. The number of ketones is 2. The first kappa shape index (κ1) is 17.9. The first-order valence-electron chi connectivity index (χ1n) is 9.04. The normalized spacial score (nSPS) is 15.7. The van der Waals surface area contributed by atoms with Crippen LogP contribution in [-0.4, -0.2) is 36.1 Å². The Hall–Kier alpha value is -1.48. The summed E-state index contributed by atoms with van der Waals surface area (Å²) >= 11 is 0.